The first kappa shape index (κ1) is 16.6. The molecule has 0 bridgehead atoms. The summed E-state index contributed by atoms with van der Waals surface area (Å²) >= 11 is 1.41. The third kappa shape index (κ3) is 3.06. The van der Waals surface area contributed by atoms with Crippen molar-refractivity contribution in [2.75, 3.05) is 0 Å². The summed E-state index contributed by atoms with van der Waals surface area (Å²) in [5, 5.41) is 19.1. The predicted octanol–water partition coefficient (Wildman–Crippen LogP) is 2.56. The number of carboxylic acids is 1. The van der Waals surface area contributed by atoms with Crippen molar-refractivity contribution in [3.63, 3.8) is 0 Å². The number of rotatable bonds is 7. The fourth-order valence-corrected chi connectivity index (χ4v) is 3.55. The molecule has 0 fully saturated rings. The van der Waals surface area contributed by atoms with Gasteiger partial charge in [0.15, 0.2) is 0 Å². The molecule has 0 saturated carbocycles. The molecular formula is C16H20N4O3S. The molecule has 3 rings (SSSR count). The molecule has 0 unspecified atom stereocenters. The number of aryl methyl sites for hydroxylation is 2. The Hall–Kier alpha value is -2.22. The van der Waals surface area contributed by atoms with Crippen LogP contribution in [0.15, 0.2) is 16.2 Å². The highest BCUT2D eigenvalue weighted by atomic mass is 32.1. The highest BCUT2D eigenvalue weighted by Gasteiger charge is 2.17. The quantitative estimate of drug-likeness (QED) is 0.709. The van der Waals surface area contributed by atoms with Crippen LogP contribution in [0.25, 0.3) is 16.0 Å². The van der Waals surface area contributed by atoms with Gasteiger partial charge in [0.2, 0.25) is 5.78 Å². The number of carbonyl (C=O) groups is 1. The second kappa shape index (κ2) is 6.72. The second-order valence-corrected chi connectivity index (χ2v) is 7.19. The predicted molar refractivity (Wildman–Crippen MR) is 92.7 cm³/mol. The van der Waals surface area contributed by atoms with E-state index in [1.165, 1.54) is 11.3 Å². The van der Waals surface area contributed by atoms with Crippen molar-refractivity contribution in [2.45, 2.75) is 46.1 Å². The van der Waals surface area contributed by atoms with E-state index in [1.807, 2.05) is 15.8 Å². The molecule has 0 atom stereocenters. The van der Waals surface area contributed by atoms with Gasteiger partial charge in [0.05, 0.1) is 5.52 Å². The number of carboxylic acid groups (broad SMARTS) is 1. The van der Waals surface area contributed by atoms with E-state index in [1.54, 1.807) is 4.57 Å². The maximum atomic E-state index is 12.7. The Bertz CT molecular complexity index is 938. The van der Waals surface area contributed by atoms with Crippen molar-refractivity contribution in [1.82, 2.24) is 19.2 Å². The number of aromatic nitrogens is 4. The molecule has 1 N–H and O–H groups in total. The third-order valence-electron chi connectivity index (χ3n) is 4.00. The first-order chi connectivity index (χ1) is 11.5. The number of aliphatic carboxylic acids is 1. The zero-order chi connectivity index (χ0) is 17.3. The zero-order valence-electron chi connectivity index (χ0n) is 13.7. The van der Waals surface area contributed by atoms with Gasteiger partial charge in [0, 0.05) is 19.4 Å². The Labute approximate surface area is 142 Å². The van der Waals surface area contributed by atoms with Crippen LogP contribution in [0, 0.1) is 5.92 Å². The molecule has 0 amide bonds. The van der Waals surface area contributed by atoms with Crippen LogP contribution >= 0.6 is 11.3 Å². The highest BCUT2D eigenvalue weighted by molar-refractivity contribution is 7.17. The Morgan fingerprint density at radius 3 is 2.88 bits per heavy atom. The number of hydrogen-bond acceptors (Lipinski definition) is 5. The van der Waals surface area contributed by atoms with Crippen LogP contribution in [-0.4, -0.2) is 30.2 Å². The summed E-state index contributed by atoms with van der Waals surface area (Å²) in [5.74, 6) is 0.900. The zero-order valence-corrected chi connectivity index (χ0v) is 14.5. The maximum absolute atomic E-state index is 12.7. The van der Waals surface area contributed by atoms with Gasteiger partial charge in [-0.1, -0.05) is 13.8 Å². The van der Waals surface area contributed by atoms with Crippen molar-refractivity contribution in [2.24, 2.45) is 5.92 Å². The summed E-state index contributed by atoms with van der Waals surface area (Å²) in [6.07, 6.45) is 1.98. The van der Waals surface area contributed by atoms with Crippen molar-refractivity contribution in [3.8, 4) is 0 Å². The Kier molecular flexibility index (Phi) is 4.66. The molecular weight excluding hydrogens is 328 g/mol. The molecule has 7 nitrogen and oxygen atoms in total. The fourth-order valence-electron chi connectivity index (χ4n) is 2.73. The highest BCUT2D eigenvalue weighted by Crippen LogP contribution is 2.21. The average molecular weight is 348 g/mol. The molecule has 0 radical (unpaired) electrons. The van der Waals surface area contributed by atoms with Crippen molar-refractivity contribution in [1.29, 1.82) is 0 Å². The van der Waals surface area contributed by atoms with Gasteiger partial charge in [-0.05, 0) is 30.2 Å². The molecule has 3 aromatic rings. The van der Waals surface area contributed by atoms with Gasteiger partial charge in [-0.2, -0.15) is 0 Å². The summed E-state index contributed by atoms with van der Waals surface area (Å²) in [6.45, 7) is 4.83. The van der Waals surface area contributed by atoms with Gasteiger partial charge in [0.25, 0.3) is 5.56 Å². The molecule has 0 saturated heterocycles. The molecule has 0 aromatic carbocycles. The normalized spacial score (nSPS) is 11.8. The van der Waals surface area contributed by atoms with Crippen LogP contribution in [0.5, 0.6) is 0 Å². The van der Waals surface area contributed by atoms with Gasteiger partial charge >= 0.3 is 5.97 Å². The van der Waals surface area contributed by atoms with Crippen LogP contribution in [0.3, 0.4) is 0 Å². The third-order valence-corrected chi connectivity index (χ3v) is 4.89. The Morgan fingerprint density at radius 1 is 1.38 bits per heavy atom. The molecule has 128 valence electrons. The number of nitrogens with zero attached hydrogens (tertiary/aromatic N) is 4. The van der Waals surface area contributed by atoms with E-state index in [9.17, 15) is 9.59 Å². The first-order valence-electron chi connectivity index (χ1n) is 8.05. The maximum Gasteiger partial charge on any atom is 0.303 e. The lowest BCUT2D eigenvalue weighted by molar-refractivity contribution is -0.137. The molecule has 0 aliphatic carbocycles. The summed E-state index contributed by atoms with van der Waals surface area (Å²) in [4.78, 5) is 23.5. The minimum Gasteiger partial charge on any atom is -0.481 e. The van der Waals surface area contributed by atoms with Crippen LogP contribution in [0.2, 0.25) is 0 Å². The van der Waals surface area contributed by atoms with E-state index in [4.69, 9.17) is 5.11 Å². The van der Waals surface area contributed by atoms with E-state index in [0.29, 0.717) is 41.6 Å². The number of thiophene rings is 1. The largest absolute Gasteiger partial charge is 0.481 e. The lowest BCUT2D eigenvalue weighted by atomic mass is 10.1. The van der Waals surface area contributed by atoms with Crippen LogP contribution < -0.4 is 5.56 Å². The van der Waals surface area contributed by atoms with E-state index in [0.717, 1.165) is 11.9 Å². The van der Waals surface area contributed by atoms with E-state index < -0.39 is 5.97 Å². The van der Waals surface area contributed by atoms with Crippen LogP contribution in [0.1, 0.15) is 38.9 Å². The monoisotopic (exact) mass is 348 g/mol. The molecule has 24 heavy (non-hydrogen) atoms. The minimum absolute atomic E-state index is 0.0300. The van der Waals surface area contributed by atoms with Crippen molar-refractivity contribution < 1.29 is 9.90 Å². The Balaban J connectivity index is 2.10. The summed E-state index contributed by atoms with van der Waals surface area (Å²) in [6, 6.07) is 1.89. The summed E-state index contributed by atoms with van der Waals surface area (Å²) in [5.41, 5.74) is 0.772. The topological polar surface area (TPSA) is 89.5 Å². The molecule has 0 aliphatic rings. The average Bonchev–Trinajstić information content (AvgIpc) is 3.13. The van der Waals surface area contributed by atoms with E-state index in [-0.39, 0.29) is 12.0 Å². The lowest BCUT2D eigenvalue weighted by Gasteiger charge is -2.10. The Morgan fingerprint density at radius 2 is 2.17 bits per heavy atom. The van der Waals surface area contributed by atoms with Gasteiger partial charge in [-0.15, -0.1) is 21.5 Å². The van der Waals surface area contributed by atoms with Crippen molar-refractivity contribution in [3.05, 3.63) is 27.6 Å². The molecule has 0 aliphatic heterocycles. The molecule has 3 aromatic heterocycles. The van der Waals surface area contributed by atoms with Gasteiger partial charge in [-0.3, -0.25) is 18.6 Å². The van der Waals surface area contributed by atoms with E-state index >= 15 is 0 Å². The first-order valence-corrected chi connectivity index (χ1v) is 8.92. The fraction of sp³-hybridized carbons (Fsp3) is 0.500. The number of fused-ring (bicyclic) bond motifs is 3. The van der Waals surface area contributed by atoms with Crippen LogP contribution in [0.4, 0.5) is 0 Å². The summed E-state index contributed by atoms with van der Waals surface area (Å²) < 4.78 is 4.27. The SMILES string of the molecule is CC(C)CCn1c(=O)c2sccc2n2c(CCCC(=O)O)nnc12. The molecule has 3 heterocycles. The van der Waals surface area contributed by atoms with E-state index in [2.05, 4.69) is 24.0 Å². The van der Waals surface area contributed by atoms with Gasteiger partial charge < -0.3 is 5.11 Å². The van der Waals surface area contributed by atoms with Crippen molar-refractivity contribution >= 4 is 33.3 Å². The molecule has 8 heteroatoms. The smallest absolute Gasteiger partial charge is 0.303 e. The minimum atomic E-state index is -0.821. The summed E-state index contributed by atoms with van der Waals surface area (Å²) in [7, 11) is 0. The standard InChI is InChI=1S/C16H20N4O3S/c1-10(2)6-8-19-15(23)14-11(7-9-24-14)20-12(17-18-16(19)20)4-3-5-13(21)22/h7,9-10H,3-6,8H2,1-2H3,(H,21,22). The van der Waals surface area contributed by atoms with Gasteiger partial charge in [-0.25, -0.2) is 0 Å². The van der Waals surface area contributed by atoms with Crippen LogP contribution in [-0.2, 0) is 17.8 Å². The lowest BCUT2D eigenvalue weighted by Crippen LogP contribution is -2.23. The second-order valence-electron chi connectivity index (χ2n) is 6.27. The number of hydrogen-bond donors (Lipinski definition) is 1. The molecule has 0 spiro atoms. The van der Waals surface area contributed by atoms with Gasteiger partial charge in [0.1, 0.15) is 10.5 Å².